The Hall–Kier alpha value is -5.07. The number of carbonyl (C=O) groups excluding carboxylic acids is 1. The molecule has 0 saturated carbocycles. The first kappa shape index (κ1) is 28.1. The zero-order chi connectivity index (χ0) is 29.8. The standard InChI is InChI=1S/C37H30O5S/c1-41-37(40)33(21-24-7-3-2-4-8-24)42-30-19-16-26(17-20-30)25-11-13-27(14-12-25)36-31-9-5-6-10-34(31)43-35(36)22-28-15-18-29(38)23-32(28)39/h2-20,23,33,38-39H,21-22H2,1H3/t33-/m1/s1. The zero-order valence-electron chi connectivity index (χ0n) is 23.6. The highest BCUT2D eigenvalue weighted by molar-refractivity contribution is 7.19. The molecular formula is C37H30O5S. The Morgan fingerprint density at radius 2 is 1.42 bits per heavy atom. The Morgan fingerprint density at radius 1 is 0.767 bits per heavy atom. The molecule has 2 N–H and O–H groups in total. The second kappa shape index (κ2) is 12.4. The summed E-state index contributed by atoms with van der Waals surface area (Å²) in [6, 6.07) is 39.0. The van der Waals surface area contributed by atoms with Crippen LogP contribution in [0.4, 0.5) is 0 Å². The first-order valence-corrected chi connectivity index (χ1v) is 14.8. The van der Waals surface area contributed by atoms with E-state index >= 15 is 0 Å². The number of phenolic OH excluding ortho intramolecular Hbond substituents is 2. The molecule has 0 aliphatic heterocycles. The van der Waals surface area contributed by atoms with Crippen LogP contribution in [-0.4, -0.2) is 29.4 Å². The first-order valence-electron chi connectivity index (χ1n) is 14.0. The van der Waals surface area contributed by atoms with Gasteiger partial charge in [0.25, 0.3) is 0 Å². The van der Waals surface area contributed by atoms with Crippen LogP contribution in [0, 0.1) is 0 Å². The van der Waals surface area contributed by atoms with Crippen LogP contribution in [0.2, 0.25) is 0 Å². The minimum atomic E-state index is -0.740. The largest absolute Gasteiger partial charge is 0.508 e. The molecule has 1 heterocycles. The van der Waals surface area contributed by atoms with E-state index in [2.05, 4.69) is 36.4 Å². The normalized spacial score (nSPS) is 11.7. The lowest BCUT2D eigenvalue weighted by molar-refractivity contribution is -0.148. The highest BCUT2D eigenvalue weighted by Gasteiger charge is 2.22. The number of fused-ring (bicyclic) bond motifs is 1. The van der Waals surface area contributed by atoms with E-state index < -0.39 is 12.1 Å². The second-order valence-electron chi connectivity index (χ2n) is 10.3. The third kappa shape index (κ3) is 6.25. The molecule has 214 valence electrons. The Kier molecular flexibility index (Phi) is 8.11. The molecule has 0 saturated heterocycles. The van der Waals surface area contributed by atoms with Gasteiger partial charge < -0.3 is 19.7 Å². The van der Waals surface area contributed by atoms with Gasteiger partial charge in [0, 0.05) is 39.4 Å². The average molecular weight is 587 g/mol. The van der Waals surface area contributed by atoms with Crippen molar-refractivity contribution in [1.82, 2.24) is 0 Å². The molecule has 1 atom stereocenters. The Morgan fingerprint density at radius 3 is 2.12 bits per heavy atom. The van der Waals surface area contributed by atoms with Crippen molar-refractivity contribution in [3.8, 4) is 39.5 Å². The summed E-state index contributed by atoms with van der Waals surface area (Å²) in [6.07, 6.45) is 0.235. The van der Waals surface area contributed by atoms with Crippen LogP contribution in [-0.2, 0) is 22.4 Å². The molecular weight excluding hydrogens is 556 g/mol. The number of esters is 1. The van der Waals surface area contributed by atoms with Gasteiger partial charge in [-0.2, -0.15) is 0 Å². The summed E-state index contributed by atoms with van der Waals surface area (Å²) in [7, 11) is 1.37. The molecule has 0 spiro atoms. The van der Waals surface area contributed by atoms with Crippen LogP contribution < -0.4 is 4.74 Å². The van der Waals surface area contributed by atoms with Crippen molar-refractivity contribution < 1.29 is 24.5 Å². The molecule has 0 radical (unpaired) electrons. The maximum absolute atomic E-state index is 12.4. The minimum absolute atomic E-state index is 0.0449. The Balaban J connectivity index is 1.24. The van der Waals surface area contributed by atoms with Gasteiger partial charge in [-0.05, 0) is 52.1 Å². The number of thiophene rings is 1. The van der Waals surface area contributed by atoms with E-state index in [0.29, 0.717) is 18.6 Å². The van der Waals surface area contributed by atoms with Crippen LogP contribution in [0.5, 0.6) is 17.2 Å². The highest BCUT2D eigenvalue weighted by Crippen LogP contribution is 2.41. The Bertz CT molecular complexity index is 1860. The molecule has 6 aromatic rings. The van der Waals surface area contributed by atoms with E-state index in [1.165, 1.54) is 23.3 Å². The number of aromatic hydroxyl groups is 2. The van der Waals surface area contributed by atoms with E-state index in [9.17, 15) is 15.0 Å². The van der Waals surface area contributed by atoms with Crippen LogP contribution in [0.1, 0.15) is 16.0 Å². The predicted octanol–water partition coefficient (Wildman–Crippen LogP) is 8.40. The van der Waals surface area contributed by atoms with Crippen LogP contribution in [0.15, 0.2) is 121 Å². The SMILES string of the molecule is COC(=O)[C@@H](Cc1ccccc1)Oc1ccc(-c2ccc(-c3c(Cc4ccc(O)cc4O)sc4ccccc34)cc2)cc1. The quantitative estimate of drug-likeness (QED) is 0.166. The molecule has 0 unspecified atom stereocenters. The third-order valence-corrected chi connectivity index (χ3v) is 8.63. The highest BCUT2D eigenvalue weighted by atomic mass is 32.1. The van der Waals surface area contributed by atoms with E-state index in [0.717, 1.165) is 38.3 Å². The van der Waals surface area contributed by atoms with Crippen molar-refractivity contribution >= 4 is 27.4 Å². The number of hydrogen-bond acceptors (Lipinski definition) is 6. The molecule has 5 nitrogen and oxygen atoms in total. The number of carbonyl (C=O) groups is 1. The molecule has 0 fully saturated rings. The summed E-state index contributed by atoms with van der Waals surface area (Å²) in [6.45, 7) is 0. The Labute approximate surface area is 254 Å². The molecule has 0 amide bonds. The number of phenols is 2. The lowest BCUT2D eigenvalue weighted by atomic mass is 9.96. The number of methoxy groups -OCH3 is 1. The summed E-state index contributed by atoms with van der Waals surface area (Å²) >= 11 is 1.72. The maximum atomic E-state index is 12.4. The zero-order valence-corrected chi connectivity index (χ0v) is 24.4. The van der Waals surface area contributed by atoms with Gasteiger partial charge in [0.2, 0.25) is 0 Å². The topological polar surface area (TPSA) is 76.0 Å². The third-order valence-electron chi connectivity index (χ3n) is 7.46. The second-order valence-corrected chi connectivity index (χ2v) is 11.4. The van der Waals surface area contributed by atoms with Crippen LogP contribution >= 0.6 is 11.3 Å². The van der Waals surface area contributed by atoms with Gasteiger partial charge >= 0.3 is 5.97 Å². The van der Waals surface area contributed by atoms with Gasteiger partial charge in [0.1, 0.15) is 17.2 Å². The summed E-state index contributed by atoms with van der Waals surface area (Å²) in [4.78, 5) is 13.6. The van der Waals surface area contributed by atoms with E-state index in [1.54, 1.807) is 23.5 Å². The molecule has 43 heavy (non-hydrogen) atoms. The average Bonchev–Trinajstić information content (AvgIpc) is 3.40. The maximum Gasteiger partial charge on any atom is 0.347 e. The van der Waals surface area contributed by atoms with Crippen LogP contribution in [0.3, 0.4) is 0 Å². The van der Waals surface area contributed by atoms with Gasteiger partial charge in [0.05, 0.1) is 7.11 Å². The van der Waals surface area contributed by atoms with Crippen molar-refractivity contribution in [3.05, 3.63) is 137 Å². The van der Waals surface area contributed by atoms with Gasteiger partial charge in [-0.15, -0.1) is 11.3 Å². The van der Waals surface area contributed by atoms with Crippen molar-refractivity contribution in [2.45, 2.75) is 18.9 Å². The first-order chi connectivity index (χ1) is 21.0. The van der Waals surface area contributed by atoms with E-state index in [1.807, 2.05) is 66.7 Å². The summed E-state index contributed by atoms with van der Waals surface area (Å²) in [5, 5.41) is 21.3. The van der Waals surface area contributed by atoms with Crippen molar-refractivity contribution in [2.75, 3.05) is 7.11 Å². The molecule has 6 heteroatoms. The smallest absolute Gasteiger partial charge is 0.347 e. The fourth-order valence-corrected chi connectivity index (χ4v) is 6.51. The molecule has 0 aliphatic rings. The summed E-state index contributed by atoms with van der Waals surface area (Å²) in [5.41, 5.74) is 6.09. The van der Waals surface area contributed by atoms with Crippen molar-refractivity contribution in [2.24, 2.45) is 0 Å². The van der Waals surface area contributed by atoms with Crippen molar-refractivity contribution in [3.63, 3.8) is 0 Å². The number of hydrogen-bond donors (Lipinski definition) is 2. The van der Waals surface area contributed by atoms with E-state index in [-0.39, 0.29) is 11.5 Å². The van der Waals surface area contributed by atoms with E-state index in [4.69, 9.17) is 9.47 Å². The molecule has 1 aromatic heterocycles. The molecule has 5 aromatic carbocycles. The number of ether oxygens (including phenoxy) is 2. The predicted molar refractivity (Wildman–Crippen MR) is 172 cm³/mol. The lowest BCUT2D eigenvalue weighted by Gasteiger charge is -2.17. The fourth-order valence-electron chi connectivity index (χ4n) is 5.26. The van der Waals surface area contributed by atoms with Crippen LogP contribution in [0.25, 0.3) is 32.3 Å². The number of benzene rings is 5. The van der Waals surface area contributed by atoms with Gasteiger partial charge in [-0.1, -0.05) is 91.0 Å². The summed E-state index contributed by atoms with van der Waals surface area (Å²) < 4.78 is 12.2. The molecule has 0 aliphatic carbocycles. The fraction of sp³-hybridized carbons (Fsp3) is 0.108. The minimum Gasteiger partial charge on any atom is -0.508 e. The van der Waals surface area contributed by atoms with Gasteiger partial charge in [-0.25, -0.2) is 4.79 Å². The van der Waals surface area contributed by atoms with Gasteiger partial charge in [-0.3, -0.25) is 0 Å². The summed E-state index contributed by atoms with van der Waals surface area (Å²) in [5.74, 6) is 0.315. The molecule has 6 rings (SSSR count). The van der Waals surface area contributed by atoms with Gasteiger partial charge in [0.15, 0.2) is 6.10 Å². The molecule has 0 bridgehead atoms. The van der Waals surface area contributed by atoms with Crippen molar-refractivity contribution in [1.29, 1.82) is 0 Å². The monoisotopic (exact) mass is 586 g/mol. The number of rotatable bonds is 9. The lowest BCUT2D eigenvalue weighted by Crippen LogP contribution is -2.30.